The van der Waals surface area contributed by atoms with E-state index in [0.29, 0.717) is 26.1 Å². The number of terminal acetylenes is 2. The number of aliphatic carboxylic acids is 1. The Labute approximate surface area is 133 Å². The second kappa shape index (κ2) is 17.5. The first kappa shape index (κ1) is 25.4. The Bertz CT molecular complexity index is 433. The number of hydrogen-bond acceptors (Lipinski definition) is 5. The Kier molecular flexibility index (Phi) is 20.2. The fourth-order valence-electron chi connectivity index (χ4n) is 0.812. The van der Waals surface area contributed by atoms with Crippen molar-refractivity contribution in [1.29, 1.82) is 0 Å². The van der Waals surface area contributed by atoms with Gasteiger partial charge in [0.05, 0.1) is 18.8 Å². The second-order valence-corrected chi connectivity index (χ2v) is 5.69. The lowest BCUT2D eigenvalue weighted by Gasteiger charge is -2.06. The molecule has 0 bridgehead atoms. The molecule has 22 heavy (non-hydrogen) atoms. The highest BCUT2D eigenvalue weighted by atomic mass is 32.2. The van der Waals surface area contributed by atoms with E-state index in [9.17, 15) is 13.2 Å². The molecule has 0 aromatic rings. The standard InChI is InChI=1S/C7H9N.C4H8O2.C3H9NO3S/c1-4-6-8(3)7-5-2;1-2-3-4(5)6;1-4-2-3-8(5,6)7/h1-2H,6-7H2,3H3;2-3H2,1H3,(H,5,6);4H,2-3H2,1H3,(H,5,6,7). The molecule has 0 fully saturated rings. The van der Waals surface area contributed by atoms with Crippen molar-refractivity contribution in [2.45, 2.75) is 19.8 Å². The fraction of sp³-hybridized carbons (Fsp3) is 0.643. The summed E-state index contributed by atoms with van der Waals surface area (Å²) in [6.07, 6.45) is 11.0. The van der Waals surface area contributed by atoms with Crippen LogP contribution in [0.15, 0.2) is 0 Å². The van der Waals surface area contributed by atoms with Crippen LogP contribution in [0.2, 0.25) is 0 Å². The number of carboxylic acid groups (broad SMARTS) is 1. The molecule has 3 N–H and O–H groups in total. The Morgan fingerprint density at radius 3 is 1.86 bits per heavy atom. The summed E-state index contributed by atoms with van der Waals surface area (Å²) in [4.78, 5) is 11.5. The molecule has 0 saturated heterocycles. The van der Waals surface area contributed by atoms with E-state index in [1.807, 2.05) is 18.9 Å². The molecule has 0 aromatic carbocycles. The van der Waals surface area contributed by atoms with Crippen molar-refractivity contribution >= 4 is 16.1 Å². The summed E-state index contributed by atoms with van der Waals surface area (Å²) >= 11 is 0. The van der Waals surface area contributed by atoms with E-state index in [4.69, 9.17) is 22.5 Å². The van der Waals surface area contributed by atoms with Gasteiger partial charge in [0, 0.05) is 13.0 Å². The number of nitrogens with one attached hydrogen (secondary N) is 1. The van der Waals surface area contributed by atoms with Crippen molar-refractivity contribution in [1.82, 2.24) is 10.2 Å². The van der Waals surface area contributed by atoms with Gasteiger partial charge in [-0.15, -0.1) is 12.8 Å². The van der Waals surface area contributed by atoms with Gasteiger partial charge < -0.3 is 10.4 Å². The van der Waals surface area contributed by atoms with Crippen LogP contribution in [0.5, 0.6) is 0 Å². The summed E-state index contributed by atoms with van der Waals surface area (Å²) in [6, 6.07) is 0. The zero-order chi connectivity index (χ0) is 18.0. The lowest BCUT2D eigenvalue weighted by atomic mass is 10.4. The molecule has 0 unspecified atom stereocenters. The normalized spacial score (nSPS) is 9.41. The van der Waals surface area contributed by atoms with Gasteiger partial charge >= 0.3 is 5.97 Å². The van der Waals surface area contributed by atoms with Crippen LogP contribution < -0.4 is 5.32 Å². The van der Waals surface area contributed by atoms with Crippen LogP contribution in [0.25, 0.3) is 0 Å². The molecule has 7 nitrogen and oxygen atoms in total. The summed E-state index contributed by atoms with van der Waals surface area (Å²) in [5.74, 6) is 4.04. The molecule has 0 atom stereocenters. The highest BCUT2D eigenvalue weighted by molar-refractivity contribution is 7.85. The Balaban J connectivity index is -0.000000249. The van der Waals surface area contributed by atoms with Crippen LogP contribution in [0.4, 0.5) is 0 Å². The smallest absolute Gasteiger partial charge is 0.303 e. The van der Waals surface area contributed by atoms with Crippen molar-refractivity contribution in [3.05, 3.63) is 0 Å². The minimum absolute atomic E-state index is 0.219. The van der Waals surface area contributed by atoms with Crippen LogP contribution in [0, 0.1) is 24.7 Å². The molecule has 0 aromatic heterocycles. The lowest BCUT2D eigenvalue weighted by molar-refractivity contribution is -0.137. The minimum Gasteiger partial charge on any atom is -0.481 e. The predicted molar refractivity (Wildman–Crippen MR) is 88.0 cm³/mol. The van der Waals surface area contributed by atoms with Crippen LogP contribution in [-0.2, 0) is 14.9 Å². The molecule has 0 aliphatic carbocycles. The summed E-state index contributed by atoms with van der Waals surface area (Å²) in [5, 5.41) is 10.5. The third-order valence-corrected chi connectivity index (χ3v) is 2.52. The van der Waals surface area contributed by atoms with E-state index in [1.165, 1.54) is 0 Å². The van der Waals surface area contributed by atoms with Gasteiger partial charge in [-0.25, -0.2) is 0 Å². The lowest BCUT2D eigenvalue weighted by Crippen LogP contribution is -2.18. The summed E-state index contributed by atoms with van der Waals surface area (Å²) in [6.45, 7) is 3.39. The second-order valence-electron chi connectivity index (χ2n) is 4.11. The SMILES string of the molecule is C#CCN(C)CC#C.CCCC(=O)O.CNCCS(=O)(=O)O. The monoisotopic (exact) mass is 334 g/mol. The van der Waals surface area contributed by atoms with E-state index >= 15 is 0 Å². The minimum atomic E-state index is -3.75. The topological polar surface area (TPSA) is 107 Å². The van der Waals surface area contributed by atoms with Crippen LogP contribution in [0.1, 0.15) is 19.8 Å². The molecule has 8 heteroatoms. The molecule has 0 spiro atoms. The maximum absolute atomic E-state index is 9.91. The largest absolute Gasteiger partial charge is 0.481 e. The molecule has 0 amide bonds. The zero-order valence-electron chi connectivity index (χ0n) is 13.4. The van der Waals surface area contributed by atoms with Crippen LogP contribution in [-0.4, -0.2) is 68.4 Å². The Morgan fingerprint density at radius 2 is 1.73 bits per heavy atom. The molecule has 128 valence electrons. The van der Waals surface area contributed by atoms with E-state index in [2.05, 4.69) is 17.2 Å². The van der Waals surface area contributed by atoms with Gasteiger partial charge in [0.25, 0.3) is 10.1 Å². The van der Waals surface area contributed by atoms with Crippen molar-refractivity contribution in [2.24, 2.45) is 0 Å². The van der Waals surface area contributed by atoms with Crippen molar-refractivity contribution in [2.75, 3.05) is 39.5 Å². The maximum atomic E-state index is 9.91. The molecule has 0 rings (SSSR count). The van der Waals surface area contributed by atoms with Gasteiger partial charge in [0.15, 0.2) is 0 Å². The Morgan fingerprint density at radius 1 is 1.27 bits per heavy atom. The number of nitrogens with zero attached hydrogens (tertiary/aromatic N) is 1. The van der Waals surface area contributed by atoms with E-state index in [-0.39, 0.29) is 5.75 Å². The third-order valence-electron chi connectivity index (χ3n) is 1.80. The quantitative estimate of drug-likeness (QED) is 0.449. The van der Waals surface area contributed by atoms with E-state index in [1.54, 1.807) is 7.05 Å². The fourth-order valence-corrected chi connectivity index (χ4v) is 1.27. The summed E-state index contributed by atoms with van der Waals surface area (Å²) in [7, 11) is -0.244. The number of carbonyl (C=O) groups is 1. The maximum Gasteiger partial charge on any atom is 0.303 e. The number of rotatable bonds is 7. The van der Waals surface area contributed by atoms with Crippen molar-refractivity contribution < 1.29 is 22.9 Å². The number of carboxylic acids is 1. The van der Waals surface area contributed by atoms with Gasteiger partial charge in [-0.05, 0) is 20.5 Å². The van der Waals surface area contributed by atoms with E-state index in [0.717, 1.165) is 6.42 Å². The van der Waals surface area contributed by atoms with Gasteiger partial charge in [-0.2, -0.15) is 8.42 Å². The average Bonchev–Trinajstić information content (AvgIpc) is 2.37. The first-order valence-corrected chi connectivity index (χ1v) is 8.12. The number of hydrogen-bond donors (Lipinski definition) is 3. The van der Waals surface area contributed by atoms with Gasteiger partial charge in [-0.1, -0.05) is 18.8 Å². The van der Waals surface area contributed by atoms with Gasteiger partial charge in [-0.3, -0.25) is 14.2 Å². The third kappa shape index (κ3) is 36.2. The molecular formula is C14H26N2O5S. The van der Waals surface area contributed by atoms with Crippen LogP contribution in [0.3, 0.4) is 0 Å². The van der Waals surface area contributed by atoms with Crippen molar-refractivity contribution in [3.8, 4) is 24.7 Å². The Hall–Kier alpha value is -1.58. The molecule has 0 saturated carbocycles. The molecule has 0 aliphatic rings. The average molecular weight is 334 g/mol. The summed E-state index contributed by atoms with van der Waals surface area (Å²) < 4.78 is 27.9. The molecule has 0 heterocycles. The van der Waals surface area contributed by atoms with Crippen molar-refractivity contribution in [3.63, 3.8) is 0 Å². The van der Waals surface area contributed by atoms with E-state index < -0.39 is 16.1 Å². The highest BCUT2D eigenvalue weighted by Gasteiger charge is 2.00. The predicted octanol–water partition coefficient (Wildman–Crippen LogP) is 0.149. The molecule has 0 radical (unpaired) electrons. The van der Waals surface area contributed by atoms with Gasteiger partial charge in [0.2, 0.25) is 0 Å². The summed E-state index contributed by atoms with van der Waals surface area (Å²) in [5.41, 5.74) is 0. The first-order valence-electron chi connectivity index (χ1n) is 6.51. The highest BCUT2D eigenvalue weighted by Crippen LogP contribution is 1.82. The molecular weight excluding hydrogens is 308 g/mol. The zero-order valence-corrected chi connectivity index (χ0v) is 14.2. The molecule has 0 aliphatic heterocycles. The van der Waals surface area contributed by atoms with Crippen LogP contribution >= 0.6 is 0 Å². The van der Waals surface area contributed by atoms with Gasteiger partial charge in [0.1, 0.15) is 0 Å². The first-order chi connectivity index (χ1) is 10.1.